The number of hydrogen-bond acceptors (Lipinski definition) is 4. The van der Waals surface area contributed by atoms with Gasteiger partial charge in [-0.15, -0.1) is 24.0 Å². The summed E-state index contributed by atoms with van der Waals surface area (Å²) in [7, 11) is 0. The first-order chi connectivity index (χ1) is 13.2. The standard InChI is InChI=1S/C20H26N6S.HI/c1-4-21-20(24-11-15(2)18-7-10-27-14-18)25-13-17-5-6-19(23-12-17)26-9-8-22-16(26)3;/h5-10,12,14-15H,4,11,13H2,1-3H3,(H2,21,24,25);1H. The second-order valence-electron chi connectivity index (χ2n) is 6.40. The van der Waals surface area contributed by atoms with Crippen LogP contribution in [0.5, 0.6) is 0 Å². The van der Waals surface area contributed by atoms with Crippen LogP contribution >= 0.6 is 35.3 Å². The van der Waals surface area contributed by atoms with Crippen molar-refractivity contribution < 1.29 is 0 Å². The number of aliphatic imine (C=N–C) groups is 1. The molecule has 150 valence electrons. The van der Waals surface area contributed by atoms with Crippen molar-refractivity contribution in [2.45, 2.75) is 33.2 Å². The van der Waals surface area contributed by atoms with Crippen molar-refractivity contribution in [3.05, 3.63) is 64.5 Å². The number of thiophene rings is 1. The quantitative estimate of drug-likeness (QED) is 0.285. The van der Waals surface area contributed by atoms with Crippen molar-refractivity contribution in [1.29, 1.82) is 0 Å². The number of nitrogens with zero attached hydrogens (tertiary/aromatic N) is 4. The smallest absolute Gasteiger partial charge is 0.191 e. The lowest BCUT2D eigenvalue weighted by Gasteiger charge is -2.15. The summed E-state index contributed by atoms with van der Waals surface area (Å²) in [5, 5.41) is 11.1. The van der Waals surface area contributed by atoms with Crippen LogP contribution in [0.25, 0.3) is 5.82 Å². The van der Waals surface area contributed by atoms with E-state index in [1.165, 1.54) is 5.56 Å². The van der Waals surface area contributed by atoms with Crippen LogP contribution in [0.1, 0.15) is 36.7 Å². The van der Waals surface area contributed by atoms with Crippen molar-refractivity contribution in [3.63, 3.8) is 0 Å². The van der Waals surface area contributed by atoms with Crippen LogP contribution in [0.2, 0.25) is 0 Å². The van der Waals surface area contributed by atoms with Gasteiger partial charge in [-0.05, 0) is 53.8 Å². The number of aryl methyl sites for hydroxylation is 1. The Balaban J connectivity index is 0.00000280. The molecule has 28 heavy (non-hydrogen) atoms. The Labute approximate surface area is 187 Å². The molecule has 3 aromatic rings. The summed E-state index contributed by atoms with van der Waals surface area (Å²) in [6, 6.07) is 6.23. The monoisotopic (exact) mass is 510 g/mol. The highest BCUT2D eigenvalue weighted by Gasteiger charge is 2.07. The summed E-state index contributed by atoms with van der Waals surface area (Å²) in [4.78, 5) is 13.4. The van der Waals surface area contributed by atoms with Crippen molar-refractivity contribution in [2.75, 3.05) is 13.1 Å². The number of pyridine rings is 1. The average Bonchev–Trinajstić information content (AvgIpc) is 3.36. The van der Waals surface area contributed by atoms with Crippen LogP contribution in [0.15, 0.2) is 52.5 Å². The Morgan fingerprint density at radius 3 is 2.71 bits per heavy atom. The van der Waals surface area contributed by atoms with Gasteiger partial charge in [0.15, 0.2) is 5.96 Å². The van der Waals surface area contributed by atoms with Gasteiger partial charge >= 0.3 is 0 Å². The maximum absolute atomic E-state index is 4.68. The number of nitrogens with one attached hydrogen (secondary N) is 2. The summed E-state index contributed by atoms with van der Waals surface area (Å²) in [6.07, 6.45) is 5.56. The first-order valence-electron chi connectivity index (χ1n) is 9.17. The lowest BCUT2D eigenvalue weighted by molar-refractivity contribution is 0.701. The molecule has 0 bridgehead atoms. The Bertz CT molecular complexity index is 857. The molecule has 0 aliphatic heterocycles. The number of guanidine groups is 1. The Morgan fingerprint density at radius 2 is 2.11 bits per heavy atom. The molecular formula is C20H27IN6S. The largest absolute Gasteiger partial charge is 0.357 e. The van der Waals surface area contributed by atoms with Crippen molar-refractivity contribution in [1.82, 2.24) is 25.2 Å². The molecule has 0 fully saturated rings. The van der Waals surface area contributed by atoms with E-state index >= 15 is 0 Å². The molecule has 3 heterocycles. The normalized spacial score (nSPS) is 12.3. The highest BCUT2D eigenvalue weighted by atomic mass is 127. The number of halogens is 1. The van der Waals surface area contributed by atoms with E-state index < -0.39 is 0 Å². The van der Waals surface area contributed by atoms with E-state index in [0.29, 0.717) is 12.5 Å². The van der Waals surface area contributed by atoms with E-state index in [9.17, 15) is 0 Å². The van der Waals surface area contributed by atoms with Crippen molar-refractivity contribution >= 4 is 41.3 Å². The number of hydrogen-bond donors (Lipinski definition) is 2. The van der Waals surface area contributed by atoms with Gasteiger partial charge in [0.05, 0.1) is 6.54 Å². The van der Waals surface area contributed by atoms with Gasteiger partial charge in [-0.25, -0.2) is 15.0 Å². The molecular weight excluding hydrogens is 483 g/mol. The highest BCUT2D eigenvalue weighted by Crippen LogP contribution is 2.17. The van der Waals surface area contributed by atoms with Crippen LogP contribution in [-0.4, -0.2) is 33.6 Å². The van der Waals surface area contributed by atoms with Gasteiger partial charge in [0, 0.05) is 31.7 Å². The molecule has 1 atom stereocenters. The van der Waals surface area contributed by atoms with E-state index in [1.54, 1.807) is 17.5 Å². The maximum Gasteiger partial charge on any atom is 0.191 e. The molecule has 0 saturated carbocycles. The third-order valence-electron chi connectivity index (χ3n) is 4.33. The van der Waals surface area contributed by atoms with Gasteiger partial charge in [-0.1, -0.05) is 13.0 Å². The minimum absolute atomic E-state index is 0. The molecule has 0 radical (unpaired) electrons. The van der Waals surface area contributed by atoms with Crippen molar-refractivity contribution in [3.8, 4) is 5.82 Å². The lowest BCUT2D eigenvalue weighted by Crippen LogP contribution is -2.39. The highest BCUT2D eigenvalue weighted by molar-refractivity contribution is 14.0. The average molecular weight is 510 g/mol. The minimum Gasteiger partial charge on any atom is -0.357 e. The molecule has 0 aliphatic carbocycles. The second kappa shape index (κ2) is 11.2. The third-order valence-corrected chi connectivity index (χ3v) is 5.04. The van der Waals surface area contributed by atoms with Crippen LogP contribution in [-0.2, 0) is 6.54 Å². The Hall–Kier alpha value is -1.94. The van der Waals surface area contributed by atoms with E-state index in [4.69, 9.17) is 0 Å². The number of rotatable bonds is 7. The topological polar surface area (TPSA) is 67.1 Å². The Kier molecular flexibility index (Phi) is 8.91. The van der Waals surface area contributed by atoms with Gasteiger partial charge in [0.2, 0.25) is 0 Å². The summed E-state index contributed by atoms with van der Waals surface area (Å²) < 4.78 is 1.96. The van der Waals surface area contributed by atoms with Crippen LogP contribution in [0.4, 0.5) is 0 Å². The zero-order chi connectivity index (χ0) is 19.1. The Morgan fingerprint density at radius 1 is 1.25 bits per heavy atom. The first kappa shape index (κ1) is 22.4. The molecule has 8 heteroatoms. The van der Waals surface area contributed by atoms with Crippen LogP contribution in [0, 0.1) is 6.92 Å². The summed E-state index contributed by atoms with van der Waals surface area (Å²) >= 11 is 1.73. The van der Waals surface area contributed by atoms with E-state index in [0.717, 1.165) is 36.3 Å². The molecule has 0 saturated heterocycles. The molecule has 1 unspecified atom stereocenters. The lowest BCUT2D eigenvalue weighted by atomic mass is 10.1. The molecule has 6 nitrogen and oxygen atoms in total. The van der Waals surface area contributed by atoms with Gasteiger partial charge < -0.3 is 10.6 Å². The zero-order valence-corrected chi connectivity index (χ0v) is 19.6. The molecule has 2 N–H and O–H groups in total. The zero-order valence-electron chi connectivity index (χ0n) is 16.4. The predicted molar refractivity (Wildman–Crippen MR) is 127 cm³/mol. The van der Waals surface area contributed by atoms with E-state index in [-0.39, 0.29) is 24.0 Å². The third kappa shape index (κ3) is 6.03. The summed E-state index contributed by atoms with van der Waals surface area (Å²) in [5.41, 5.74) is 2.43. The van der Waals surface area contributed by atoms with Gasteiger partial charge in [0.1, 0.15) is 11.6 Å². The number of imidazole rings is 1. The molecule has 0 amide bonds. The van der Waals surface area contributed by atoms with E-state index in [1.807, 2.05) is 30.0 Å². The second-order valence-corrected chi connectivity index (χ2v) is 7.18. The molecule has 0 spiro atoms. The molecule has 3 rings (SSSR count). The van der Waals surface area contributed by atoms with E-state index in [2.05, 4.69) is 62.3 Å². The van der Waals surface area contributed by atoms with Crippen LogP contribution < -0.4 is 10.6 Å². The predicted octanol–water partition coefficient (Wildman–Crippen LogP) is 4.11. The van der Waals surface area contributed by atoms with Crippen LogP contribution in [0.3, 0.4) is 0 Å². The SMILES string of the molecule is CCNC(=NCc1ccc(-n2ccnc2C)nc1)NCC(C)c1ccsc1.I. The molecule has 0 aromatic carbocycles. The minimum atomic E-state index is 0. The van der Waals surface area contributed by atoms with Gasteiger partial charge in [-0.2, -0.15) is 11.3 Å². The summed E-state index contributed by atoms with van der Waals surface area (Å²) in [6.45, 7) is 8.52. The number of aromatic nitrogens is 3. The van der Waals surface area contributed by atoms with Gasteiger partial charge in [0.25, 0.3) is 0 Å². The van der Waals surface area contributed by atoms with Crippen molar-refractivity contribution in [2.24, 2.45) is 4.99 Å². The fourth-order valence-corrected chi connectivity index (χ4v) is 3.49. The molecule has 3 aromatic heterocycles. The maximum atomic E-state index is 4.68. The first-order valence-corrected chi connectivity index (χ1v) is 10.1. The summed E-state index contributed by atoms with van der Waals surface area (Å²) in [5.74, 6) is 3.06. The molecule has 0 aliphatic rings. The fraction of sp³-hybridized carbons (Fsp3) is 0.350. The van der Waals surface area contributed by atoms with Gasteiger partial charge in [-0.3, -0.25) is 4.57 Å². The fourth-order valence-electron chi connectivity index (χ4n) is 2.71.